The number of hydrogen-bond acceptors (Lipinski definition) is 2. The summed E-state index contributed by atoms with van der Waals surface area (Å²) in [6.07, 6.45) is 6.17. The highest BCUT2D eigenvalue weighted by Crippen LogP contribution is 2.27. The van der Waals surface area contributed by atoms with Gasteiger partial charge in [0.05, 0.1) is 6.61 Å². The third-order valence-corrected chi connectivity index (χ3v) is 2.25. The van der Waals surface area contributed by atoms with Crippen LogP contribution < -0.4 is 9.47 Å². The van der Waals surface area contributed by atoms with Crippen molar-refractivity contribution in [2.75, 3.05) is 13.2 Å². The molecule has 0 spiro atoms. The molecule has 0 aliphatic rings. The Morgan fingerprint density at radius 2 is 1.69 bits per heavy atom. The van der Waals surface area contributed by atoms with Crippen molar-refractivity contribution in [3.63, 3.8) is 0 Å². The van der Waals surface area contributed by atoms with Crippen LogP contribution in [0.2, 0.25) is 0 Å². The minimum absolute atomic E-state index is 0.301. The average Bonchev–Trinajstić information content (AvgIpc) is 2.28. The van der Waals surface area contributed by atoms with E-state index in [1.54, 1.807) is 0 Å². The second kappa shape index (κ2) is 6.07. The number of hydrogen-bond donors (Lipinski definition) is 0. The molecule has 0 N–H and O–H groups in total. The minimum atomic E-state index is 0.301. The molecule has 1 aromatic carbocycles. The molecule has 1 aromatic rings. The van der Waals surface area contributed by atoms with Gasteiger partial charge in [0.2, 0.25) is 0 Å². The fourth-order valence-electron chi connectivity index (χ4n) is 1.41. The minimum Gasteiger partial charge on any atom is -0.493 e. The monoisotopic (exact) mass is 218 g/mol. The van der Waals surface area contributed by atoms with Gasteiger partial charge in [-0.3, -0.25) is 0 Å². The predicted octanol–water partition coefficient (Wildman–Crippen LogP) is 3.10. The number of rotatable bonds is 5. The highest BCUT2D eigenvalue weighted by atomic mass is 16.5. The fourth-order valence-corrected chi connectivity index (χ4v) is 1.41. The van der Waals surface area contributed by atoms with Gasteiger partial charge in [0, 0.05) is 0 Å². The molecule has 0 atom stereocenters. The van der Waals surface area contributed by atoms with Crippen LogP contribution in [0.4, 0.5) is 0 Å². The SMILES string of the molecule is C#CCOc1cc(C)c(OCCC)cc1C. The standard InChI is InChI=1S/C14H18O2/c1-5-7-15-13-9-12(4)14(10-11(13)3)16-8-6-2/h1,9-10H,6-8H2,2-4H3. The van der Waals surface area contributed by atoms with Crippen LogP contribution in [0, 0.1) is 26.2 Å². The normalized spacial score (nSPS) is 9.62. The highest BCUT2D eigenvalue weighted by Gasteiger charge is 2.06. The van der Waals surface area contributed by atoms with Crippen molar-refractivity contribution < 1.29 is 9.47 Å². The van der Waals surface area contributed by atoms with Crippen LogP contribution >= 0.6 is 0 Å². The molecular formula is C14H18O2. The molecule has 16 heavy (non-hydrogen) atoms. The molecule has 0 aliphatic heterocycles. The summed E-state index contributed by atoms with van der Waals surface area (Å²) in [7, 11) is 0. The molecule has 2 heteroatoms. The van der Waals surface area contributed by atoms with Gasteiger partial charge in [-0.2, -0.15) is 0 Å². The first-order valence-electron chi connectivity index (χ1n) is 5.49. The molecule has 0 aliphatic carbocycles. The lowest BCUT2D eigenvalue weighted by Crippen LogP contribution is -2.00. The van der Waals surface area contributed by atoms with Gasteiger partial charge in [-0.15, -0.1) is 6.42 Å². The van der Waals surface area contributed by atoms with E-state index in [0.29, 0.717) is 6.61 Å². The van der Waals surface area contributed by atoms with E-state index in [2.05, 4.69) is 12.8 Å². The van der Waals surface area contributed by atoms with Crippen LogP contribution in [-0.4, -0.2) is 13.2 Å². The molecule has 0 fully saturated rings. The van der Waals surface area contributed by atoms with Crippen molar-refractivity contribution in [1.29, 1.82) is 0 Å². The number of benzene rings is 1. The third kappa shape index (κ3) is 3.20. The van der Waals surface area contributed by atoms with E-state index < -0.39 is 0 Å². The van der Waals surface area contributed by atoms with Crippen LogP contribution in [0.5, 0.6) is 11.5 Å². The summed E-state index contributed by atoms with van der Waals surface area (Å²) >= 11 is 0. The lowest BCUT2D eigenvalue weighted by atomic mass is 10.1. The van der Waals surface area contributed by atoms with Crippen LogP contribution in [0.25, 0.3) is 0 Å². The summed E-state index contributed by atoms with van der Waals surface area (Å²) < 4.78 is 11.1. The molecule has 1 rings (SSSR count). The van der Waals surface area contributed by atoms with Gasteiger partial charge in [-0.25, -0.2) is 0 Å². The van der Waals surface area contributed by atoms with Crippen LogP contribution in [0.15, 0.2) is 12.1 Å². The van der Waals surface area contributed by atoms with E-state index in [1.807, 2.05) is 26.0 Å². The molecule has 86 valence electrons. The molecule has 0 heterocycles. The molecule has 0 aromatic heterocycles. The number of aryl methyl sites for hydroxylation is 2. The molecule has 0 amide bonds. The predicted molar refractivity (Wildman–Crippen MR) is 66.0 cm³/mol. The Morgan fingerprint density at radius 1 is 1.12 bits per heavy atom. The Morgan fingerprint density at radius 3 is 2.19 bits per heavy atom. The lowest BCUT2D eigenvalue weighted by Gasteiger charge is -2.12. The maximum atomic E-state index is 5.63. The topological polar surface area (TPSA) is 18.5 Å². The maximum absolute atomic E-state index is 5.63. The summed E-state index contributed by atoms with van der Waals surface area (Å²) in [4.78, 5) is 0. The van der Waals surface area contributed by atoms with Crippen LogP contribution in [0.3, 0.4) is 0 Å². The number of terminal acetylenes is 1. The molecule has 0 bridgehead atoms. The molecule has 2 nitrogen and oxygen atoms in total. The Hall–Kier alpha value is -1.62. The number of ether oxygens (including phenoxy) is 2. The van der Waals surface area contributed by atoms with Crippen molar-refractivity contribution >= 4 is 0 Å². The summed E-state index contributed by atoms with van der Waals surface area (Å²) in [6, 6.07) is 3.97. The molecule has 0 radical (unpaired) electrons. The Kier molecular flexibility index (Phi) is 4.72. The molecule has 0 saturated carbocycles. The fraction of sp³-hybridized carbons (Fsp3) is 0.429. The zero-order valence-electron chi connectivity index (χ0n) is 10.2. The molecule has 0 saturated heterocycles. The van der Waals surface area contributed by atoms with E-state index in [4.69, 9.17) is 15.9 Å². The van der Waals surface area contributed by atoms with Gasteiger partial charge in [-0.05, 0) is 43.5 Å². The Labute approximate surface area is 97.6 Å². The van der Waals surface area contributed by atoms with Crippen molar-refractivity contribution in [2.24, 2.45) is 0 Å². The van der Waals surface area contributed by atoms with Crippen molar-refractivity contribution in [3.8, 4) is 23.8 Å². The van der Waals surface area contributed by atoms with Crippen molar-refractivity contribution in [1.82, 2.24) is 0 Å². The van der Waals surface area contributed by atoms with Gasteiger partial charge in [0.1, 0.15) is 18.1 Å². The largest absolute Gasteiger partial charge is 0.493 e. The zero-order valence-corrected chi connectivity index (χ0v) is 10.2. The first kappa shape index (κ1) is 12.4. The second-order valence-electron chi connectivity index (χ2n) is 3.72. The van der Waals surface area contributed by atoms with Gasteiger partial charge in [0.15, 0.2) is 0 Å². The van der Waals surface area contributed by atoms with Gasteiger partial charge in [-0.1, -0.05) is 12.8 Å². The third-order valence-electron chi connectivity index (χ3n) is 2.25. The van der Waals surface area contributed by atoms with Crippen molar-refractivity contribution in [3.05, 3.63) is 23.3 Å². The maximum Gasteiger partial charge on any atom is 0.148 e. The molecular weight excluding hydrogens is 200 g/mol. The Bertz CT molecular complexity index is 388. The summed E-state index contributed by atoms with van der Waals surface area (Å²) in [6.45, 7) is 7.13. The second-order valence-corrected chi connectivity index (χ2v) is 3.72. The van der Waals surface area contributed by atoms with E-state index in [0.717, 1.165) is 35.7 Å². The van der Waals surface area contributed by atoms with E-state index in [-0.39, 0.29) is 0 Å². The van der Waals surface area contributed by atoms with Gasteiger partial charge in [0.25, 0.3) is 0 Å². The Balaban J connectivity index is 2.84. The zero-order chi connectivity index (χ0) is 12.0. The van der Waals surface area contributed by atoms with E-state index in [9.17, 15) is 0 Å². The van der Waals surface area contributed by atoms with Crippen molar-refractivity contribution in [2.45, 2.75) is 27.2 Å². The van der Waals surface area contributed by atoms with Gasteiger partial charge < -0.3 is 9.47 Å². The summed E-state index contributed by atoms with van der Waals surface area (Å²) in [5.41, 5.74) is 2.12. The quantitative estimate of drug-likeness (QED) is 0.707. The highest BCUT2D eigenvalue weighted by molar-refractivity contribution is 5.45. The van der Waals surface area contributed by atoms with E-state index >= 15 is 0 Å². The van der Waals surface area contributed by atoms with Crippen LogP contribution in [-0.2, 0) is 0 Å². The summed E-state index contributed by atoms with van der Waals surface area (Å²) in [5, 5.41) is 0. The van der Waals surface area contributed by atoms with Crippen LogP contribution in [0.1, 0.15) is 24.5 Å². The summed E-state index contributed by atoms with van der Waals surface area (Å²) in [5.74, 6) is 4.21. The average molecular weight is 218 g/mol. The first-order valence-corrected chi connectivity index (χ1v) is 5.49. The van der Waals surface area contributed by atoms with Gasteiger partial charge >= 0.3 is 0 Å². The first-order chi connectivity index (χ1) is 7.69. The van der Waals surface area contributed by atoms with E-state index in [1.165, 1.54) is 0 Å². The lowest BCUT2D eigenvalue weighted by molar-refractivity contribution is 0.313. The molecule has 0 unspecified atom stereocenters. The smallest absolute Gasteiger partial charge is 0.148 e.